The molecule has 0 amide bonds. The van der Waals surface area contributed by atoms with Crippen LogP contribution in [0.5, 0.6) is 0 Å². The fourth-order valence-corrected chi connectivity index (χ4v) is 7.95. The van der Waals surface area contributed by atoms with Gasteiger partial charge in [-0.05, 0) is 51.4 Å². The van der Waals surface area contributed by atoms with Gasteiger partial charge in [0, 0.05) is 19.4 Å². The SMILES string of the molecule is CCCCC/C=C\C/C=C\CCCCCCCCCCCC(=O)OCC(COCCCCCCCCCCCCCCCCCCCC)OC(=O)CCCCCCCCC. The Balaban J connectivity index is 4.05. The van der Waals surface area contributed by atoms with Gasteiger partial charge in [-0.3, -0.25) is 9.59 Å². The van der Waals surface area contributed by atoms with Gasteiger partial charge in [-0.15, -0.1) is 0 Å². The summed E-state index contributed by atoms with van der Waals surface area (Å²) in [7, 11) is 0. The van der Waals surface area contributed by atoms with E-state index in [1.807, 2.05) is 0 Å². The van der Waals surface area contributed by atoms with Gasteiger partial charge >= 0.3 is 11.9 Å². The molecule has 0 bridgehead atoms. The van der Waals surface area contributed by atoms with Gasteiger partial charge in [0.1, 0.15) is 6.61 Å². The number of hydrogen-bond acceptors (Lipinski definition) is 5. The molecule has 0 saturated heterocycles. The molecular formula is C55H104O5. The fraction of sp³-hybridized carbons (Fsp3) is 0.891. The van der Waals surface area contributed by atoms with Crippen molar-refractivity contribution in [1.29, 1.82) is 0 Å². The van der Waals surface area contributed by atoms with Crippen LogP contribution in [0.15, 0.2) is 24.3 Å². The molecule has 0 aliphatic heterocycles. The molecule has 60 heavy (non-hydrogen) atoms. The van der Waals surface area contributed by atoms with Crippen molar-refractivity contribution in [2.24, 2.45) is 0 Å². The van der Waals surface area contributed by atoms with Crippen LogP contribution in [0, 0.1) is 0 Å². The second kappa shape index (κ2) is 51.7. The standard InChI is InChI=1S/C55H104O5/c1-4-7-10-13-16-18-20-22-24-26-28-29-31-33-35-37-40-42-45-48-54(56)59-52-53(60-55(57)49-46-43-39-15-12-9-6-3)51-58-50-47-44-41-38-36-34-32-30-27-25-23-21-19-17-14-11-8-5-2/h16,18,22,24,53H,4-15,17,19-21,23,25-52H2,1-3H3/b18-16-,24-22-. The molecule has 0 aliphatic rings. The zero-order chi connectivity index (χ0) is 43.5. The lowest BCUT2D eigenvalue weighted by Gasteiger charge is -2.18. The maximum atomic E-state index is 12.7. The molecule has 354 valence electrons. The van der Waals surface area contributed by atoms with Crippen molar-refractivity contribution < 1.29 is 23.8 Å². The van der Waals surface area contributed by atoms with Crippen molar-refractivity contribution in [2.75, 3.05) is 19.8 Å². The van der Waals surface area contributed by atoms with Gasteiger partial charge in [-0.1, -0.05) is 251 Å². The van der Waals surface area contributed by atoms with E-state index in [0.717, 1.165) is 38.5 Å². The third-order valence-electron chi connectivity index (χ3n) is 12.0. The predicted octanol–water partition coefficient (Wildman–Crippen LogP) is 18.0. The highest BCUT2D eigenvalue weighted by molar-refractivity contribution is 5.70. The topological polar surface area (TPSA) is 61.8 Å². The first-order valence-electron chi connectivity index (χ1n) is 26.9. The van der Waals surface area contributed by atoms with Gasteiger partial charge in [0.25, 0.3) is 0 Å². The molecule has 0 aliphatic carbocycles. The van der Waals surface area contributed by atoms with E-state index in [0.29, 0.717) is 26.1 Å². The van der Waals surface area contributed by atoms with Crippen molar-refractivity contribution >= 4 is 11.9 Å². The van der Waals surface area contributed by atoms with Crippen molar-refractivity contribution in [1.82, 2.24) is 0 Å². The molecule has 5 nitrogen and oxygen atoms in total. The molecule has 0 spiro atoms. The third-order valence-corrected chi connectivity index (χ3v) is 12.0. The number of rotatable bonds is 50. The first-order valence-corrected chi connectivity index (χ1v) is 26.9. The van der Waals surface area contributed by atoms with E-state index in [4.69, 9.17) is 14.2 Å². The fourth-order valence-electron chi connectivity index (χ4n) is 7.95. The molecule has 1 atom stereocenters. The molecule has 0 N–H and O–H groups in total. The number of carbonyl (C=O) groups excluding carboxylic acids is 2. The summed E-state index contributed by atoms with van der Waals surface area (Å²) in [6.07, 6.45) is 60.6. The van der Waals surface area contributed by atoms with Crippen LogP contribution in [-0.4, -0.2) is 37.9 Å². The summed E-state index contributed by atoms with van der Waals surface area (Å²) in [5.74, 6) is -0.390. The summed E-state index contributed by atoms with van der Waals surface area (Å²) in [6.45, 7) is 7.82. The van der Waals surface area contributed by atoms with Crippen LogP contribution in [0.1, 0.15) is 290 Å². The Morgan fingerprint density at radius 2 is 0.700 bits per heavy atom. The van der Waals surface area contributed by atoms with Gasteiger partial charge < -0.3 is 14.2 Å². The summed E-state index contributed by atoms with van der Waals surface area (Å²) < 4.78 is 17.4. The summed E-state index contributed by atoms with van der Waals surface area (Å²) in [4.78, 5) is 25.3. The van der Waals surface area contributed by atoms with E-state index >= 15 is 0 Å². The lowest BCUT2D eigenvalue weighted by Crippen LogP contribution is -2.30. The highest BCUT2D eigenvalue weighted by Crippen LogP contribution is 2.16. The van der Waals surface area contributed by atoms with E-state index in [2.05, 4.69) is 45.1 Å². The van der Waals surface area contributed by atoms with Gasteiger partial charge in [-0.2, -0.15) is 0 Å². The summed E-state index contributed by atoms with van der Waals surface area (Å²) in [6, 6.07) is 0. The van der Waals surface area contributed by atoms with Crippen LogP contribution in [-0.2, 0) is 23.8 Å². The van der Waals surface area contributed by atoms with E-state index in [9.17, 15) is 9.59 Å². The Morgan fingerprint density at radius 3 is 1.13 bits per heavy atom. The normalized spacial score (nSPS) is 12.2. The summed E-state index contributed by atoms with van der Waals surface area (Å²) in [5.41, 5.74) is 0. The monoisotopic (exact) mass is 845 g/mol. The highest BCUT2D eigenvalue weighted by atomic mass is 16.6. The first kappa shape index (κ1) is 58.4. The van der Waals surface area contributed by atoms with Crippen LogP contribution in [0.3, 0.4) is 0 Å². The maximum absolute atomic E-state index is 12.7. The van der Waals surface area contributed by atoms with E-state index < -0.39 is 6.10 Å². The maximum Gasteiger partial charge on any atom is 0.306 e. The van der Waals surface area contributed by atoms with Crippen molar-refractivity contribution in [3.63, 3.8) is 0 Å². The van der Waals surface area contributed by atoms with Gasteiger partial charge in [0.05, 0.1) is 6.61 Å². The molecule has 0 fully saturated rings. The average Bonchev–Trinajstić information content (AvgIpc) is 3.25. The van der Waals surface area contributed by atoms with Gasteiger partial charge in [0.15, 0.2) is 6.10 Å². The molecule has 0 aromatic heterocycles. The number of carbonyl (C=O) groups is 2. The lowest BCUT2D eigenvalue weighted by atomic mass is 10.0. The van der Waals surface area contributed by atoms with Crippen LogP contribution in [0.4, 0.5) is 0 Å². The molecule has 1 unspecified atom stereocenters. The molecule has 0 aromatic carbocycles. The molecule has 0 aromatic rings. The first-order chi connectivity index (χ1) is 29.6. The van der Waals surface area contributed by atoms with E-state index in [1.54, 1.807) is 0 Å². The van der Waals surface area contributed by atoms with E-state index in [1.165, 1.54) is 218 Å². The Bertz CT molecular complexity index is 913. The minimum Gasteiger partial charge on any atom is -0.462 e. The Hall–Kier alpha value is -1.62. The van der Waals surface area contributed by atoms with Gasteiger partial charge in [-0.25, -0.2) is 0 Å². The van der Waals surface area contributed by atoms with Crippen LogP contribution >= 0.6 is 0 Å². The second-order valence-corrected chi connectivity index (χ2v) is 18.1. The lowest BCUT2D eigenvalue weighted by molar-refractivity contribution is -0.163. The molecular weight excluding hydrogens is 741 g/mol. The second-order valence-electron chi connectivity index (χ2n) is 18.1. The van der Waals surface area contributed by atoms with Crippen LogP contribution in [0.2, 0.25) is 0 Å². The Kier molecular flexibility index (Phi) is 50.3. The zero-order valence-electron chi connectivity index (χ0n) is 40.7. The Labute approximate surface area is 375 Å². The average molecular weight is 845 g/mol. The Morgan fingerprint density at radius 1 is 0.367 bits per heavy atom. The minimum atomic E-state index is -0.528. The number of hydrogen-bond donors (Lipinski definition) is 0. The zero-order valence-corrected chi connectivity index (χ0v) is 40.7. The van der Waals surface area contributed by atoms with Crippen molar-refractivity contribution in [3.05, 3.63) is 24.3 Å². The predicted molar refractivity (Wildman–Crippen MR) is 261 cm³/mol. The molecule has 5 heteroatoms. The third kappa shape index (κ3) is 49.0. The van der Waals surface area contributed by atoms with Gasteiger partial charge in [0.2, 0.25) is 0 Å². The molecule has 0 saturated carbocycles. The summed E-state index contributed by atoms with van der Waals surface area (Å²) in [5, 5.41) is 0. The number of ether oxygens (including phenoxy) is 3. The number of allylic oxidation sites excluding steroid dienone is 4. The largest absolute Gasteiger partial charge is 0.462 e. The summed E-state index contributed by atoms with van der Waals surface area (Å²) >= 11 is 0. The smallest absolute Gasteiger partial charge is 0.306 e. The highest BCUT2D eigenvalue weighted by Gasteiger charge is 2.17. The molecule has 0 rings (SSSR count). The molecule has 0 heterocycles. The number of unbranched alkanes of at least 4 members (excludes halogenated alkanes) is 35. The van der Waals surface area contributed by atoms with Crippen molar-refractivity contribution in [2.45, 2.75) is 297 Å². The van der Waals surface area contributed by atoms with Crippen LogP contribution < -0.4 is 0 Å². The number of esters is 2. The molecule has 0 radical (unpaired) electrons. The quantitative estimate of drug-likeness (QED) is 0.0347. The van der Waals surface area contributed by atoms with Crippen LogP contribution in [0.25, 0.3) is 0 Å². The van der Waals surface area contributed by atoms with Crippen molar-refractivity contribution in [3.8, 4) is 0 Å². The minimum absolute atomic E-state index is 0.0900. The van der Waals surface area contributed by atoms with E-state index in [-0.39, 0.29) is 18.5 Å².